The molecule has 1 aromatic heterocycles. The first-order valence-electron chi connectivity index (χ1n) is 4.42. The van der Waals surface area contributed by atoms with Gasteiger partial charge in [0.2, 0.25) is 0 Å². The lowest BCUT2D eigenvalue weighted by Gasteiger charge is -2.07. The normalized spacial score (nSPS) is 11.0. The van der Waals surface area contributed by atoms with Crippen LogP contribution >= 0.6 is 24.0 Å². The average molecular weight is 208 g/mol. The molecule has 2 aromatic rings. The molecule has 0 amide bonds. The van der Waals surface area contributed by atoms with Crippen molar-refractivity contribution in [2.45, 2.75) is 25.2 Å². The van der Waals surface area contributed by atoms with Crippen molar-refractivity contribution in [1.29, 1.82) is 0 Å². The molecule has 0 aliphatic carbocycles. The summed E-state index contributed by atoms with van der Waals surface area (Å²) in [5.41, 5.74) is 2.78. The molecule has 0 unspecified atom stereocenters. The molecule has 0 saturated heterocycles. The molecular weight excluding hydrogens is 196 g/mol. The highest BCUT2D eigenvalue weighted by atomic mass is 32.1. The van der Waals surface area contributed by atoms with E-state index in [2.05, 4.69) is 44.0 Å². The van der Waals surface area contributed by atoms with Crippen LogP contribution in [0.3, 0.4) is 0 Å². The number of thiol groups is 1. The number of hydrogen-bond acceptors (Lipinski definition) is 2. The van der Waals surface area contributed by atoms with E-state index in [4.69, 9.17) is 0 Å². The number of aryl methyl sites for hydroxylation is 1. The Labute approximate surface area is 88.0 Å². The quantitative estimate of drug-likeness (QED) is 0.671. The standard InChI is InChI=1S/C11H12S2/c1-3-8-7(2)9-4-5-13-11(9)6-10(8)12/h4-6,12H,3H2,1-2H3. The van der Waals surface area contributed by atoms with Crippen molar-refractivity contribution in [2.24, 2.45) is 0 Å². The maximum Gasteiger partial charge on any atom is 0.0356 e. The summed E-state index contributed by atoms with van der Waals surface area (Å²) in [7, 11) is 0. The molecule has 0 aliphatic rings. The Hall–Kier alpha value is -0.470. The topological polar surface area (TPSA) is 0 Å². The average Bonchev–Trinajstić information content (AvgIpc) is 2.53. The number of benzene rings is 1. The van der Waals surface area contributed by atoms with Gasteiger partial charge in [0.1, 0.15) is 0 Å². The van der Waals surface area contributed by atoms with Gasteiger partial charge in [-0.2, -0.15) is 0 Å². The summed E-state index contributed by atoms with van der Waals surface area (Å²) in [6, 6.07) is 4.37. The van der Waals surface area contributed by atoms with Gasteiger partial charge in [-0.15, -0.1) is 24.0 Å². The molecule has 68 valence electrons. The SMILES string of the molecule is CCc1c(S)cc2sccc2c1C. The van der Waals surface area contributed by atoms with E-state index in [1.807, 2.05) is 0 Å². The number of thiophene rings is 1. The van der Waals surface area contributed by atoms with Gasteiger partial charge in [0.25, 0.3) is 0 Å². The summed E-state index contributed by atoms with van der Waals surface area (Å²) in [6.07, 6.45) is 1.07. The van der Waals surface area contributed by atoms with E-state index in [-0.39, 0.29) is 0 Å². The molecular formula is C11H12S2. The van der Waals surface area contributed by atoms with Gasteiger partial charge in [0, 0.05) is 9.60 Å². The smallest absolute Gasteiger partial charge is 0.0356 e. The van der Waals surface area contributed by atoms with E-state index in [0.29, 0.717) is 0 Å². The van der Waals surface area contributed by atoms with Crippen LogP contribution in [-0.4, -0.2) is 0 Å². The summed E-state index contributed by atoms with van der Waals surface area (Å²) in [5.74, 6) is 0. The molecule has 0 radical (unpaired) electrons. The summed E-state index contributed by atoms with van der Waals surface area (Å²) in [5, 5.41) is 3.53. The van der Waals surface area contributed by atoms with E-state index in [1.165, 1.54) is 21.2 Å². The largest absolute Gasteiger partial charge is 0.144 e. The Morgan fingerprint density at radius 2 is 2.23 bits per heavy atom. The van der Waals surface area contributed by atoms with Gasteiger partial charge in [-0.1, -0.05) is 6.92 Å². The second-order valence-corrected chi connectivity index (χ2v) is 4.61. The Morgan fingerprint density at radius 3 is 2.92 bits per heavy atom. The highest BCUT2D eigenvalue weighted by Gasteiger charge is 2.06. The van der Waals surface area contributed by atoms with Crippen molar-refractivity contribution in [3.05, 3.63) is 28.6 Å². The van der Waals surface area contributed by atoms with Crippen LogP contribution in [-0.2, 0) is 6.42 Å². The summed E-state index contributed by atoms with van der Waals surface area (Å²) in [4.78, 5) is 1.13. The zero-order chi connectivity index (χ0) is 9.42. The summed E-state index contributed by atoms with van der Waals surface area (Å²) < 4.78 is 1.35. The van der Waals surface area contributed by atoms with E-state index in [1.54, 1.807) is 11.3 Å². The molecule has 1 aromatic carbocycles. The molecule has 0 nitrogen and oxygen atoms in total. The summed E-state index contributed by atoms with van der Waals surface area (Å²) >= 11 is 6.29. The van der Waals surface area contributed by atoms with E-state index < -0.39 is 0 Å². The minimum atomic E-state index is 1.07. The fourth-order valence-corrected chi connectivity index (χ4v) is 3.18. The summed E-state index contributed by atoms with van der Waals surface area (Å²) in [6.45, 7) is 4.37. The monoisotopic (exact) mass is 208 g/mol. The second-order valence-electron chi connectivity index (χ2n) is 3.19. The maximum absolute atomic E-state index is 4.51. The van der Waals surface area contributed by atoms with Crippen LogP contribution in [0.5, 0.6) is 0 Å². The lowest BCUT2D eigenvalue weighted by atomic mass is 10.0. The molecule has 0 saturated carbocycles. The van der Waals surface area contributed by atoms with Crippen LogP contribution in [0.4, 0.5) is 0 Å². The first-order chi connectivity index (χ1) is 6.24. The van der Waals surface area contributed by atoms with Crippen LogP contribution < -0.4 is 0 Å². The Morgan fingerprint density at radius 1 is 1.46 bits per heavy atom. The van der Waals surface area contributed by atoms with Gasteiger partial charge in [-0.05, 0) is 47.4 Å². The zero-order valence-corrected chi connectivity index (χ0v) is 9.51. The van der Waals surface area contributed by atoms with Gasteiger partial charge < -0.3 is 0 Å². The van der Waals surface area contributed by atoms with Crippen LogP contribution in [0.15, 0.2) is 22.4 Å². The molecule has 1 heterocycles. The Bertz CT molecular complexity index is 441. The van der Waals surface area contributed by atoms with Crippen LogP contribution in [0, 0.1) is 6.92 Å². The van der Waals surface area contributed by atoms with Gasteiger partial charge in [0.15, 0.2) is 0 Å². The molecule has 0 bridgehead atoms. The molecule has 0 fully saturated rings. The molecule has 13 heavy (non-hydrogen) atoms. The van der Waals surface area contributed by atoms with Crippen LogP contribution in [0.2, 0.25) is 0 Å². The molecule has 2 heteroatoms. The lowest BCUT2D eigenvalue weighted by molar-refractivity contribution is 1.07. The van der Waals surface area contributed by atoms with E-state index in [0.717, 1.165) is 11.3 Å². The Balaban J connectivity index is 2.85. The minimum Gasteiger partial charge on any atom is -0.144 e. The number of rotatable bonds is 1. The van der Waals surface area contributed by atoms with Crippen LogP contribution in [0.1, 0.15) is 18.1 Å². The maximum atomic E-state index is 4.51. The first-order valence-corrected chi connectivity index (χ1v) is 5.75. The molecule has 0 aliphatic heterocycles. The third-order valence-electron chi connectivity index (χ3n) is 2.48. The second kappa shape index (κ2) is 3.35. The van der Waals surface area contributed by atoms with Crippen molar-refractivity contribution in [3.63, 3.8) is 0 Å². The van der Waals surface area contributed by atoms with Crippen molar-refractivity contribution >= 4 is 34.1 Å². The zero-order valence-electron chi connectivity index (χ0n) is 7.79. The molecule has 2 rings (SSSR count). The fraction of sp³-hybridized carbons (Fsp3) is 0.273. The third kappa shape index (κ3) is 1.38. The molecule has 0 spiro atoms. The third-order valence-corrected chi connectivity index (χ3v) is 3.75. The van der Waals surface area contributed by atoms with Crippen molar-refractivity contribution in [2.75, 3.05) is 0 Å². The highest BCUT2D eigenvalue weighted by Crippen LogP contribution is 2.31. The minimum absolute atomic E-state index is 1.07. The van der Waals surface area contributed by atoms with E-state index >= 15 is 0 Å². The molecule has 0 N–H and O–H groups in total. The number of hydrogen-bond donors (Lipinski definition) is 1. The van der Waals surface area contributed by atoms with Crippen molar-refractivity contribution in [3.8, 4) is 0 Å². The van der Waals surface area contributed by atoms with E-state index in [9.17, 15) is 0 Å². The van der Waals surface area contributed by atoms with Gasteiger partial charge in [0.05, 0.1) is 0 Å². The fourth-order valence-electron chi connectivity index (χ4n) is 1.75. The van der Waals surface area contributed by atoms with Gasteiger partial charge in [-0.25, -0.2) is 0 Å². The van der Waals surface area contributed by atoms with Crippen LogP contribution in [0.25, 0.3) is 10.1 Å². The predicted octanol–water partition coefficient (Wildman–Crippen LogP) is 4.06. The first kappa shape index (κ1) is 9.10. The van der Waals surface area contributed by atoms with Gasteiger partial charge in [-0.3, -0.25) is 0 Å². The lowest BCUT2D eigenvalue weighted by Crippen LogP contribution is -1.88. The van der Waals surface area contributed by atoms with Crippen molar-refractivity contribution in [1.82, 2.24) is 0 Å². The van der Waals surface area contributed by atoms with Gasteiger partial charge >= 0.3 is 0 Å². The predicted molar refractivity (Wildman–Crippen MR) is 63.2 cm³/mol. The number of fused-ring (bicyclic) bond motifs is 1. The Kier molecular flexibility index (Phi) is 2.35. The molecule has 0 atom stereocenters. The highest BCUT2D eigenvalue weighted by molar-refractivity contribution is 7.80. The van der Waals surface area contributed by atoms with Crippen molar-refractivity contribution < 1.29 is 0 Å².